The number of hydrogen-bond acceptors (Lipinski definition) is 3. The van der Waals surface area contributed by atoms with Crippen LogP contribution >= 0.6 is 0 Å². The fraction of sp³-hybridized carbons (Fsp3) is 0.412. The van der Waals surface area contributed by atoms with E-state index in [2.05, 4.69) is 28.1 Å². The van der Waals surface area contributed by atoms with Crippen LogP contribution in [-0.2, 0) is 6.54 Å². The molecule has 1 heterocycles. The minimum Gasteiger partial charge on any atom is -0.378 e. The van der Waals surface area contributed by atoms with E-state index in [0.717, 1.165) is 12.2 Å². The predicted molar refractivity (Wildman–Crippen MR) is 83.0 cm³/mol. The van der Waals surface area contributed by atoms with Crippen LogP contribution in [0, 0.1) is 18.3 Å². The maximum atomic E-state index is 8.80. The summed E-state index contributed by atoms with van der Waals surface area (Å²) in [5.74, 6) is 0. The van der Waals surface area contributed by atoms with Gasteiger partial charge >= 0.3 is 0 Å². The molecule has 0 spiro atoms. The number of nitrogens with zero attached hydrogens (tertiary/aromatic N) is 3. The summed E-state index contributed by atoms with van der Waals surface area (Å²) in [4.78, 5) is 0. The average molecular weight is 280 g/mol. The Balaban J connectivity index is 1.66. The van der Waals surface area contributed by atoms with E-state index < -0.39 is 0 Å². The first-order valence-corrected chi connectivity index (χ1v) is 7.55. The largest absolute Gasteiger partial charge is 0.378 e. The summed E-state index contributed by atoms with van der Waals surface area (Å²) >= 11 is 0. The average Bonchev–Trinajstić information content (AvgIpc) is 3.15. The second-order valence-corrected chi connectivity index (χ2v) is 5.69. The topological polar surface area (TPSA) is 53.6 Å². The second kappa shape index (κ2) is 6.01. The molecule has 4 nitrogen and oxygen atoms in total. The van der Waals surface area contributed by atoms with Crippen LogP contribution in [0.1, 0.15) is 48.5 Å². The first kappa shape index (κ1) is 13.7. The van der Waals surface area contributed by atoms with Crippen LogP contribution in [0.15, 0.2) is 30.5 Å². The number of nitriles is 1. The van der Waals surface area contributed by atoms with Crippen molar-refractivity contribution in [1.29, 1.82) is 5.26 Å². The van der Waals surface area contributed by atoms with E-state index in [4.69, 9.17) is 5.26 Å². The van der Waals surface area contributed by atoms with Crippen molar-refractivity contribution in [3.63, 3.8) is 0 Å². The Kier molecular flexibility index (Phi) is 3.92. The van der Waals surface area contributed by atoms with Crippen LogP contribution in [0.4, 0.5) is 5.69 Å². The lowest BCUT2D eigenvalue weighted by Gasteiger charge is -2.13. The Bertz CT molecular complexity index is 642. The smallest absolute Gasteiger partial charge is 0.0991 e. The van der Waals surface area contributed by atoms with Crippen molar-refractivity contribution >= 4 is 5.69 Å². The van der Waals surface area contributed by atoms with Crippen molar-refractivity contribution in [3.05, 3.63) is 47.3 Å². The SMILES string of the molecule is Cc1c(NCc2ccc(C#N)cc2)cnn1C1CCCC1. The Morgan fingerprint density at radius 1 is 1.29 bits per heavy atom. The first-order valence-electron chi connectivity index (χ1n) is 7.55. The standard InChI is InChI=1S/C17H20N4/c1-13-17(12-20-21(13)16-4-2-3-5-16)19-11-15-8-6-14(10-18)7-9-15/h6-9,12,16,19H,2-5,11H2,1H3. The van der Waals surface area contributed by atoms with Gasteiger partial charge in [0.25, 0.3) is 0 Å². The van der Waals surface area contributed by atoms with E-state index in [1.165, 1.54) is 36.9 Å². The van der Waals surface area contributed by atoms with Gasteiger partial charge in [-0.15, -0.1) is 0 Å². The maximum absolute atomic E-state index is 8.80. The number of nitrogens with one attached hydrogen (secondary N) is 1. The lowest BCUT2D eigenvalue weighted by molar-refractivity contribution is 0.457. The molecule has 0 atom stereocenters. The Hall–Kier alpha value is -2.28. The molecule has 1 N–H and O–H groups in total. The van der Waals surface area contributed by atoms with E-state index in [-0.39, 0.29) is 0 Å². The highest BCUT2D eigenvalue weighted by molar-refractivity contribution is 5.46. The molecule has 4 heteroatoms. The predicted octanol–water partition coefficient (Wildman–Crippen LogP) is 3.79. The molecule has 2 aromatic rings. The molecule has 1 saturated carbocycles. The number of rotatable bonds is 4. The van der Waals surface area contributed by atoms with Crippen molar-refractivity contribution in [1.82, 2.24) is 9.78 Å². The molecule has 1 fully saturated rings. The number of anilines is 1. The molecule has 1 aliphatic carbocycles. The summed E-state index contributed by atoms with van der Waals surface area (Å²) in [6.07, 6.45) is 7.06. The number of hydrogen-bond donors (Lipinski definition) is 1. The van der Waals surface area contributed by atoms with Crippen molar-refractivity contribution in [2.75, 3.05) is 5.32 Å². The van der Waals surface area contributed by atoms with Crippen LogP contribution in [0.2, 0.25) is 0 Å². The molecule has 1 aromatic heterocycles. The molecule has 1 aliphatic rings. The summed E-state index contributed by atoms with van der Waals surface area (Å²) in [6, 6.07) is 10.4. The van der Waals surface area contributed by atoms with Crippen molar-refractivity contribution in [2.45, 2.75) is 45.2 Å². The third-order valence-corrected chi connectivity index (χ3v) is 4.28. The minimum absolute atomic E-state index is 0.579. The Morgan fingerprint density at radius 3 is 2.67 bits per heavy atom. The first-order chi connectivity index (χ1) is 10.3. The van der Waals surface area contributed by atoms with Crippen LogP contribution in [0.5, 0.6) is 0 Å². The zero-order chi connectivity index (χ0) is 14.7. The summed E-state index contributed by atoms with van der Waals surface area (Å²) in [7, 11) is 0. The van der Waals surface area contributed by atoms with Crippen LogP contribution in [0.25, 0.3) is 0 Å². The molecule has 0 amide bonds. The molecular weight excluding hydrogens is 260 g/mol. The van der Waals surface area contributed by atoms with Crippen molar-refractivity contribution in [3.8, 4) is 6.07 Å². The quantitative estimate of drug-likeness (QED) is 0.927. The van der Waals surface area contributed by atoms with E-state index in [1.54, 1.807) is 0 Å². The maximum Gasteiger partial charge on any atom is 0.0991 e. The zero-order valence-corrected chi connectivity index (χ0v) is 12.3. The number of benzene rings is 1. The van der Waals surface area contributed by atoms with Gasteiger partial charge < -0.3 is 5.32 Å². The van der Waals surface area contributed by atoms with E-state index in [1.807, 2.05) is 30.5 Å². The summed E-state index contributed by atoms with van der Waals surface area (Å²) in [6.45, 7) is 2.88. The van der Waals surface area contributed by atoms with Gasteiger partial charge in [-0.05, 0) is 37.5 Å². The highest BCUT2D eigenvalue weighted by Gasteiger charge is 2.20. The monoisotopic (exact) mass is 280 g/mol. The third kappa shape index (κ3) is 2.92. The van der Waals surface area contributed by atoms with Gasteiger partial charge in [0.1, 0.15) is 0 Å². The van der Waals surface area contributed by atoms with Gasteiger partial charge in [0, 0.05) is 6.54 Å². The van der Waals surface area contributed by atoms with Crippen molar-refractivity contribution < 1.29 is 0 Å². The molecule has 21 heavy (non-hydrogen) atoms. The third-order valence-electron chi connectivity index (χ3n) is 4.28. The molecule has 0 radical (unpaired) electrons. The van der Waals surface area contributed by atoms with Gasteiger partial charge in [-0.25, -0.2) is 0 Å². The molecule has 1 aromatic carbocycles. The van der Waals surface area contributed by atoms with Gasteiger partial charge in [-0.3, -0.25) is 4.68 Å². The highest BCUT2D eigenvalue weighted by Crippen LogP contribution is 2.31. The molecule has 3 rings (SSSR count). The van der Waals surface area contributed by atoms with E-state index in [9.17, 15) is 0 Å². The van der Waals surface area contributed by atoms with E-state index >= 15 is 0 Å². The van der Waals surface area contributed by atoms with E-state index in [0.29, 0.717) is 11.6 Å². The fourth-order valence-corrected chi connectivity index (χ4v) is 3.01. The van der Waals surface area contributed by atoms with Gasteiger partial charge in [-0.2, -0.15) is 10.4 Å². The van der Waals surface area contributed by atoms with Crippen molar-refractivity contribution in [2.24, 2.45) is 0 Å². The van der Waals surface area contributed by atoms with Crippen LogP contribution < -0.4 is 5.32 Å². The normalized spacial score (nSPS) is 15.0. The lowest BCUT2D eigenvalue weighted by atomic mass is 10.1. The highest BCUT2D eigenvalue weighted by atomic mass is 15.3. The second-order valence-electron chi connectivity index (χ2n) is 5.69. The summed E-state index contributed by atoms with van der Waals surface area (Å²) in [5.41, 5.74) is 4.19. The Labute approximate surface area is 125 Å². The minimum atomic E-state index is 0.579. The van der Waals surface area contributed by atoms with Crippen LogP contribution in [0.3, 0.4) is 0 Å². The van der Waals surface area contributed by atoms with Gasteiger partial charge in [0.15, 0.2) is 0 Å². The van der Waals surface area contributed by atoms with Gasteiger partial charge in [0.05, 0.1) is 35.3 Å². The molecule has 0 bridgehead atoms. The molecule has 0 saturated heterocycles. The fourth-order valence-electron chi connectivity index (χ4n) is 3.01. The van der Waals surface area contributed by atoms with Crippen LogP contribution in [-0.4, -0.2) is 9.78 Å². The lowest BCUT2D eigenvalue weighted by Crippen LogP contribution is -2.09. The van der Waals surface area contributed by atoms with Gasteiger partial charge in [-0.1, -0.05) is 25.0 Å². The number of aromatic nitrogens is 2. The molecule has 0 unspecified atom stereocenters. The molecular formula is C17H20N4. The summed E-state index contributed by atoms with van der Waals surface area (Å²) < 4.78 is 2.17. The Morgan fingerprint density at radius 2 is 2.00 bits per heavy atom. The summed E-state index contributed by atoms with van der Waals surface area (Å²) in [5, 5.41) is 16.8. The molecule has 0 aliphatic heterocycles. The zero-order valence-electron chi connectivity index (χ0n) is 12.3. The molecule has 108 valence electrons. The van der Waals surface area contributed by atoms with Gasteiger partial charge in [0.2, 0.25) is 0 Å².